The summed E-state index contributed by atoms with van der Waals surface area (Å²) in [5, 5.41) is 13.5. The number of carbonyl (C=O) groups excluding carboxylic acids is 1. The summed E-state index contributed by atoms with van der Waals surface area (Å²) in [4.78, 5) is 22.0. The third-order valence-electron chi connectivity index (χ3n) is 2.39. The minimum absolute atomic E-state index is 0.397. The smallest absolute Gasteiger partial charge is 0.335 e. The molecule has 104 valence electrons. The molecule has 1 rings (SSSR count). The van der Waals surface area contributed by atoms with E-state index in [1.807, 2.05) is 0 Å². The molecule has 1 atom stereocenters. The van der Waals surface area contributed by atoms with E-state index in [9.17, 15) is 18.4 Å². The molecule has 0 aromatic heterocycles. The first kappa shape index (κ1) is 14.9. The summed E-state index contributed by atoms with van der Waals surface area (Å²) >= 11 is 0. The molecule has 1 unspecified atom stereocenters. The molecule has 5 nitrogen and oxygen atoms in total. The molecule has 0 fully saturated rings. The van der Waals surface area contributed by atoms with Gasteiger partial charge < -0.3 is 15.7 Å². The van der Waals surface area contributed by atoms with Gasteiger partial charge in [0.2, 0.25) is 5.91 Å². The first-order valence-electron chi connectivity index (χ1n) is 5.63. The van der Waals surface area contributed by atoms with Crippen molar-refractivity contribution in [3.63, 3.8) is 0 Å². The highest BCUT2D eigenvalue weighted by Gasteiger charge is 2.19. The van der Waals surface area contributed by atoms with Gasteiger partial charge in [-0.2, -0.15) is 0 Å². The zero-order chi connectivity index (χ0) is 14.6. The lowest BCUT2D eigenvalue weighted by molar-refractivity contribution is -0.121. The van der Waals surface area contributed by atoms with E-state index in [1.54, 1.807) is 6.92 Å². The number of amides is 1. The van der Waals surface area contributed by atoms with Crippen LogP contribution in [-0.4, -0.2) is 29.6 Å². The summed E-state index contributed by atoms with van der Waals surface area (Å²) < 4.78 is 27.2. The Kier molecular flexibility index (Phi) is 4.80. The molecule has 1 aromatic rings. The van der Waals surface area contributed by atoms with Crippen LogP contribution in [0.3, 0.4) is 0 Å². The number of carbonyl (C=O) groups is 2. The molecule has 0 saturated carbocycles. The van der Waals surface area contributed by atoms with Crippen LogP contribution >= 0.6 is 0 Å². The minimum Gasteiger partial charge on any atom is -0.478 e. The van der Waals surface area contributed by atoms with Crippen molar-refractivity contribution in [2.24, 2.45) is 0 Å². The van der Waals surface area contributed by atoms with Crippen molar-refractivity contribution >= 4 is 17.6 Å². The van der Waals surface area contributed by atoms with Gasteiger partial charge in [-0.15, -0.1) is 0 Å². The van der Waals surface area contributed by atoms with Crippen LogP contribution in [-0.2, 0) is 4.79 Å². The van der Waals surface area contributed by atoms with E-state index in [0.717, 1.165) is 0 Å². The lowest BCUT2D eigenvalue weighted by Gasteiger charge is -2.16. The highest BCUT2D eigenvalue weighted by atomic mass is 19.1. The molecule has 0 heterocycles. The lowest BCUT2D eigenvalue weighted by Crippen LogP contribution is -2.37. The van der Waals surface area contributed by atoms with Crippen LogP contribution in [0.4, 0.5) is 14.5 Å². The summed E-state index contributed by atoms with van der Waals surface area (Å²) in [5.74, 6) is -3.97. The summed E-state index contributed by atoms with van der Waals surface area (Å²) in [6, 6.07) is 0.538. The van der Waals surface area contributed by atoms with Gasteiger partial charge in [0.15, 0.2) is 0 Å². The fourth-order valence-corrected chi connectivity index (χ4v) is 1.44. The minimum atomic E-state index is -1.43. The Morgan fingerprint density at radius 2 is 1.84 bits per heavy atom. The molecule has 1 aromatic carbocycles. The fourth-order valence-electron chi connectivity index (χ4n) is 1.44. The lowest BCUT2D eigenvalue weighted by atomic mass is 10.1. The second-order valence-corrected chi connectivity index (χ2v) is 3.88. The third kappa shape index (κ3) is 3.64. The molecule has 0 aliphatic heterocycles. The Morgan fingerprint density at radius 3 is 2.26 bits per heavy atom. The Balaban J connectivity index is 2.96. The van der Waals surface area contributed by atoms with E-state index in [0.29, 0.717) is 18.7 Å². The third-order valence-corrected chi connectivity index (χ3v) is 2.39. The van der Waals surface area contributed by atoms with Gasteiger partial charge in [-0.3, -0.25) is 4.79 Å². The number of halogens is 2. The molecule has 1 amide bonds. The highest BCUT2D eigenvalue weighted by Crippen LogP contribution is 2.21. The maximum atomic E-state index is 13.6. The Morgan fingerprint density at radius 1 is 1.32 bits per heavy atom. The van der Waals surface area contributed by atoms with Gasteiger partial charge in [0.25, 0.3) is 0 Å². The first-order chi connectivity index (χ1) is 8.86. The molecule has 0 aliphatic carbocycles. The second kappa shape index (κ2) is 6.12. The molecule has 0 bridgehead atoms. The molecule has 19 heavy (non-hydrogen) atoms. The number of carboxylic acids is 1. The van der Waals surface area contributed by atoms with Gasteiger partial charge in [0, 0.05) is 6.54 Å². The number of hydrogen-bond acceptors (Lipinski definition) is 3. The average molecular weight is 272 g/mol. The zero-order valence-electron chi connectivity index (χ0n) is 10.5. The van der Waals surface area contributed by atoms with Gasteiger partial charge in [-0.05, 0) is 26.0 Å². The summed E-state index contributed by atoms with van der Waals surface area (Å²) in [7, 11) is 0. The van der Waals surface area contributed by atoms with Gasteiger partial charge in [-0.1, -0.05) is 0 Å². The maximum absolute atomic E-state index is 13.6. The Labute approximate surface area is 108 Å². The van der Waals surface area contributed by atoms with Crippen LogP contribution in [0.1, 0.15) is 24.2 Å². The molecule has 7 heteroatoms. The van der Waals surface area contributed by atoms with Crippen LogP contribution in [0.2, 0.25) is 0 Å². The Bertz CT molecular complexity index is 483. The van der Waals surface area contributed by atoms with Crippen LogP contribution in [0, 0.1) is 11.6 Å². The van der Waals surface area contributed by atoms with Crippen molar-refractivity contribution in [1.82, 2.24) is 5.32 Å². The average Bonchev–Trinajstić information content (AvgIpc) is 2.33. The summed E-state index contributed by atoms with van der Waals surface area (Å²) in [5.41, 5.74) is -1.02. The van der Waals surface area contributed by atoms with Crippen molar-refractivity contribution in [3.8, 4) is 0 Å². The van der Waals surface area contributed by atoms with E-state index in [2.05, 4.69) is 10.6 Å². The van der Waals surface area contributed by atoms with E-state index in [4.69, 9.17) is 5.11 Å². The number of benzene rings is 1. The summed E-state index contributed by atoms with van der Waals surface area (Å²) in [6.07, 6.45) is 0. The number of hydrogen-bond donors (Lipinski definition) is 3. The van der Waals surface area contributed by atoms with Crippen molar-refractivity contribution in [3.05, 3.63) is 29.3 Å². The SMILES string of the molecule is CCNC(=O)C(C)Nc1c(F)cc(C(=O)O)cc1F. The molecule has 0 spiro atoms. The van der Waals surface area contributed by atoms with Crippen LogP contribution in [0.15, 0.2) is 12.1 Å². The Hall–Kier alpha value is -2.18. The number of carboxylic acid groups (broad SMARTS) is 1. The van der Waals surface area contributed by atoms with Crippen molar-refractivity contribution < 1.29 is 23.5 Å². The molecule has 0 radical (unpaired) electrons. The fraction of sp³-hybridized carbons (Fsp3) is 0.333. The number of anilines is 1. The van der Waals surface area contributed by atoms with E-state index >= 15 is 0 Å². The standard InChI is InChI=1S/C12H14F2N2O3/c1-3-15-11(17)6(2)16-10-8(13)4-7(12(18)19)5-9(10)14/h4-6,16H,3H2,1-2H3,(H,15,17)(H,18,19). The van der Waals surface area contributed by atoms with E-state index in [1.165, 1.54) is 6.92 Å². The van der Waals surface area contributed by atoms with E-state index in [-0.39, 0.29) is 0 Å². The van der Waals surface area contributed by atoms with E-state index < -0.39 is 40.8 Å². The largest absolute Gasteiger partial charge is 0.478 e. The highest BCUT2D eigenvalue weighted by molar-refractivity contribution is 5.88. The van der Waals surface area contributed by atoms with Crippen LogP contribution in [0.25, 0.3) is 0 Å². The number of aromatic carboxylic acids is 1. The second-order valence-electron chi connectivity index (χ2n) is 3.88. The van der Waals surface area contributed by atoms with Crippen molar-refractivity contribution in [2.75, 3.05) is 11.9 Å². The number of rotatable bonds is 5. The zero-order valence-corrected chi connectivity index (χ0v) is 10.5. The first-order valence-corrected chi connectivity index (χ1v) is 5.63. The topological polar surface area (TPSA) is 78.4 Å². The number of nitrogens with one attached hydrogen (secondary N) is 2. The van der Waals surface area contributed by atoms with Crippen molar-refractivity contribution in [2.45, 2.75) is 19.9 Å². The van der Waals surface area contributed by atoms with Gasteiger partial charge in [-0.25, -0.2) is 13.6 Å². The molecule has 0 saturated heterocycles. The molecule has 3 N–H and O–H groups in total. The van der Waals surface area contributed by atoms with Gasteiger partial charge in [0.05, 0.1) is 5.56 Å². The number of likely N-dealkylation sites (N-methyl/N-ethyl adjacent to an activating group) is 1. The predicted molar refractivity (Wildman–Crippen MR) is 65.1 cm³/mol. The monoisotopic (exact) mass is 272 g/mol. The molecular formula is C12H14F2N2O3. The summed E-state index contributed by atoms with van der Waals surface area (Å²) in [6.45, 7) is 3.55. The van der Waals surface area contributed by atoms with Crippen molar-refractivity contribution in [1.29, 1.82) is 0 Å². The van der Waals surface area contributed by atoms with Crippen LogP contribution < -0.4 is 10.6 Å². The van der Waals surface area contributed by atoms with Crippen LogP contribution in [0.5, 0.6) is 0 Å². The normalized spacial score (nSPS) is 11.8. The van der Waals surface area contributed by atoms with Gasteiger partial charge >= 0.3 is 5.97 Å². The molecular weight excluding hydrogens is 258 g/mol. The van der Waals surface area contributed by atoms with Gasteiger partial charge in [0.1, 0.15) is 23.4 Å². The quantitative estimate of drug-likeness (QED) is 0.760. The molecule has 0 aliphatic rings. The predicted octanol–water partition coefficient (Wildman–Crippen LogP) is 1.60. The maximum Gasteiger partial charge on any atom is 0.335 e.